The molecule has 1 aromatic heterocycles. The third-order valence-electron chi connectivity index (χ3n) is 8.96. The third kappa shape index (κ3) is 7.18. The van der Waals surface area contributed by atoms with E-state index >= 15 is 0 Å². The van der Waals surface area contributed by atoms with E-state index in [4.69, 9.17) is 4.74 Å². The van der Waals surface area contributed by atoms with Crippen LogP contribution in [0.5, 0.6) is 5.88 Å². The van der Waals surface area contributed by atoms with E-state index in [-0.39, 0.29) is 46.3 Å². The first-order valence-corrected chi connectivity index (χ1v) is 17.5. The summed E-state index contributed by atoms with van der Waals surface area (Å²) in [4.78, 5) is 25.3. The van der Waals surface area contributed by atoms with E-state index in [1.54, 1.807) is 18.2 Å². The van der Waals surface area contributed by atoms with Crippen LogP contribution in [-0.2, 0) is 16.4 Å². The Kier molecular flexibility index (Phi) is 8.61. The highest BCUT2D eigenvalue weighted by molar-refractivity contribution is 7.92. The van der Waals surface area contributed by atoms with Gasteiger partial charge < -0.3 is 14.7 Å². The Morgan fingerprint density at radius 3 is 2.32 bits per heavy atom. The molecule has 1 aliphatic heterocycles. The third-order valence-corrected chi connectivity index (χ3v) is 10.3. The monoisotopic (exact) mass is 654 g/mol. The van der Waals surface area contributed by atoms with Crippen molar-refractivity contribution < 1.29 is 23.1 Å². The number of aromatic nitrogens is 2. The Morgan fingerprint density at radius 2 is 1.64 bits per heavy atom. The predicted molar refractivity (Wildman–Crippen MR) is 182 cm³/mol. The largest absolute Gasteiger partial charge is 0.475 e. The van der Waals surface area contributed by atoms with Crippen molar-refractivity contribution in [2.24, 2.45) is 5.41 Å². The lowest BCUT2D eigenvalue weighted by Gasteiger charge is -2.51. The van der Waals surface area contributed by atoms with Gasteiger partial charge in [0.25, 0.3) is 15.9 Å². The first kappa shape index (κ1) is 32.7. The van der Waals surface area contributed by atoms with Gasteiger partial charge in [0.1, 0.15) is 6.61 Å². The number of anilines is 1. The molecule has 246 valence electrons. The molecule has 1 amide bonds. The number of fused-ring (bicyclic) bond motifs is 4. The van der Waals surface area contributed by atoms with Crippen LogP contribution < -0.4 is 9.46 Å². The number of rotatable bonds is 5. The number of nitrogens with one attached hydrogen (secondary N) is 1. The minimum absolute atomic E-state index is 0.0762. The Hall–Kier alpha value is -4.28. The van der Waals surface area contributed by atoms with Crippen LogP contribution in [0.1, 0.15) is 67.1 Å². The maximum absolute atomic E-state index is 14.5. The van der Waals surface area contributed by atoms with Crippen molar-refractivity contribution >= 4 is 21.9 Å². The van der Waals surface area contributed by atoms with Crippen LogP contribution in [-0.4, -0.2) is 58.6 Å². The second-order valence-electron chi connectivity index (χ2n) is 14.2. The molecule has 0 unspecified atom stereocenters. The smallest absolute Gasteiger partial charge is 0.264 e. The van der Waals surface area contributed by atoms with Crippen molar-refractivity contribution in [2.75, 3.05) is 11.3 Å². The molecule has 0 radical (unpaired) electrons. The van der Waals surface area contributed by atoms with Crippen molar-refractivity contribution in [3.63, 3.8) is 0 Å². The molecule has 2 N–H and O–H groups in total. The van der Waals surface area contributed by atoms with Crippen LogP contribution in [0.15, 0.2) is 83.8 Å². The first-order chi connectivity index (χ1) is 22.2. The molecule has 1 saturated carbocycles. The molecule has 47 heavy (non-hydrogen) atoms. The molecule has 4 aromatic rings. The molecule has 4 bridgehead atoms. The number of benzene rings is 3. The van der Waals surface area contributed by atoms with Gasteiger partial charge in [-0.05, 0) is 73.4 Å². The Labute approximate surface area is 277 Å². The van der Waals surface area contributed by atoms with E-state index in [0.717, 1.165) is 22.3 Å². The summed E-state index contributed by atoms with van der Waals surface area (Å²) in [6.07, 6.45) is 1.87. The van der Waals surface area contributed by atoms with Gasteiger partial charge in [0.2, 0.25) is 11.8 Å². The number of hydrogen-bond donors (Lipinski definition) is 2. The van der Waals surface area contributed by atoms with Crippen LogP contribution in [0.3, 0.4) is 0 Å². The molecule has 1 atom stereocenters. The highest BCUT2D eigenvalue weighted by Crippen LogP contribution is 2.42. The lowest BCUT2D eigenvalue weighted by molar-refractivity contribution is -0.0952. The molecule has 0 spiro atoms. The number of aliphatic hydroxyl groups is 1. The first-order valence-electron chi connectivity index (χ1n) is 16.0. The fraction of sp³-hybridized carbons (Fsp3) is 0.378. The Balaban J connectivity index is 1.44. The number of aryl methyl sites for hydroxylation is 2. The Morgan fingerprint density at radius 1 is 0.957 bits per heavy atom. The second-order valence-corrected chi connectivity index (χ2v) is 15.9. The summed E-state index contributed by atoms with van der Waals surface area (Å²) < 4.78 is 36.2. The van der Waals surface area contributed by atoms with Crippen LogP contribution in [0.2, 0.25) is 0 Å². The van der Waals surface area contributed by atoms with Gasteiger partial charge in [-0.1, -0.05) is 75.4 Å². The van der Waals surface area contributed by atoms with Crippen molar-refractivity contribution in [1.82, 2.24) is 14.9 Å². The zero-order valence-electron chi connectivity index (χ0n) is 27.5. The van der Waals surface area contributed by atoms with Crippen LogP contribution in [0.4, 0.5) is 5.95 Å². The number of sulfonamides is 1. The lowest BCUT2D eigenvalue weighted by atomic mass is 9.70. The van der Waals surface area contributed by atoms with Gasteiger partial charge in [0, 0.05) is 29.7 Å². The highest BCUT2D eigenvalue weighted by Gasteiger charge is 2.49. The normalized spacial score (nSPS) is 22.5. The molecule has 3 aromatic carbocycles. The van der Waals surface area contributed by atoms with Gasteiger partial charge in [0.05, 0.1) is 22.2 Å². The van der Waals surface area contributed by atoms with E-state index in [2.05, 4.69) is 35.5 Å². The van der Waals surface area contributed by atoms with Crippen LogP contribution >= 0.6 is 0 Å². The number of nitrogens with zero attached hydrogens (tertiary/aromatic N) is 3. The van der Waals surface area contributed by atoms with E-state index in [1.807, 2.05) is 67.3 Å². The molecule has 10 heteroatoms. The van der Waals surface area contributed by atoms with E-state index in [1.165, 1.54) is 12.1 Å². The summed E-state index contributed by atoms with van der Waals surface area (Å²) >= 11 is 0. The molecule has 1 aliphatic carbocycles. The molecule has 1 fully saturated rings. The quantitative estimate of drug-likeness (QED) is 0.258. The molecule has 6 rings (SSSR count). The van der Waals surface area contributed by atoms with Gasteiger partial charge in [-0.2, -0.15) is 4.98 Å². The molecule has 2 aliphatic rings. The van der Waals surface area contributed by atoms with Gasteiger partial charge in [-0.25, -0.2) is 18.1 Å². The van der Waals surface area contributed by atoms with Gasteiger partial charge in [0.15, 0.2) is 0 Å². The summed E-state index contributed by atoms with van der Waals surface area (Å²) in [6, 6.07) is 22.8. The average Bonchev–Trinajstić information content (AvgIpc) is 2.98. The number of hydrogen-bond acceptors (Lipinski definition) is 7. The maximum Gasteiger partial charge on any atom is 0.264 e. The predicted octanol–water partition coefficient (Wildman–Crippen LogP) is 6.34. The fourth-order valence-electron chi connectivity index (χ4n) is 6.91. The highest BCUT2D eigenvalue weighted by atomic mass is 32.2. The van der Waals surface area contributed by atoms with Crippen molar-refractivity contribution in [1.29, 1.82) is 0 Å². The summed E-state index contributed by atoms with van der Waals surface area (Å²) in [6.45, 7) is 10.4. The van der Waals surface area contributed by atoms with E-state index < -0.39 is 21.7 Å². The minimum Gasteiger partial charge on any atom is -0.475 e. The van der Waals surface area contributed by atoms with E-state index in [9.17, 15) is 18.3 Å². The average molecular weight is 655 g/mol. The van der Waals surface area contributed by atoms with Crippen LogP contribution in [0.25, 0.3) is 11.3 Å². The molecular weight excluding hydrogens is 612 g/mol. The minimum atomic E-state index is -4.17. The van der Waals surface area contributed by atoms with E-state index in [0.29, 0.717) is 31.4 Å². The molecule has 9 nitrogen and oxygen atoms in total. The summed E-state index contributed by atoms with van der Waals surface area (Å²) in [5.74, 6) is -0.230. The second kappa shape index (κ2) is 12.4. The zero-order chi connectivity index (χ0) is 33.6. The van der Waals surface area contributed by atoms with Gasteiger partial charge >= 0.3 is 0 Å². The fourth-order valence-corrected chi connectivity index (χ4v) is 7.89. The summed E-state index contributed by atoms with van der Waals surface area (Å²) in [5.41, 5.74) is 3.47. The molecular formula is C37H42N4O5S. The number of amides is 1. The van der Waals surface area contributed by atoms with Gasteiger partial charge in [-0.15, -0.1) is 0 Å². The number of carbonyl (C=O) groups excluding carboxylic acids is 1. The summed E-state index contributed by atoms with van der Waals surface area (Å²) in [7, 11) is -4.17. The molecule has 2 heterocycles. The zero-order valence-corrected chi connectivity index (χ0v) is 28.3. The van der Waals surface area contributed by atoms with Crippen molar-refractivity contribution in [3.8, 4) is 17.1 Å². The SMILES string of the molecule is Cc1cccc(C)c1-c1cc2nc(n1)NS(=O)(=O)c1cccc(c1)C(=O)N(C1CC(O)(Cc3ccccc3)C1)[C@H](CC(C)(C)C)CO2. The van der Waals surface area contributed by atoms with Crippen molar-refractivity contribution in [3.05, 3.63) is 101 Å². The Bertz CT molecular complexity index is 1880. The standard InChI is InChI=1S/C37H42N4O5S/c1-24-11-9-12-25(2)33(24)31-18-32-39-35(38-31)40-47(44,45)30-16-10-15-27(17-30)34(42)41(29(23-46-32)20-36(3,4)5)28-21-37(43,22-28)19-26-13-7-6-8-14-26/h6-18,28-29,43H,19-23H2,1-5H3,(H,38,39,40)/t28?,29-,37?/m1/s1. The van der Waals surface area contributed by atoms with Crippen LogP contribution in [0, 0.1) is 19.3 Å². The topological polar surface area (TPSA) is 122 Å². The maximum atomic E-state index is 14.5. The number of carbonyl (C=O) groups is 1. The van der Waals surface area contributed by atoms with Gasteiger partial charge in [-0.3, -0.25) is 4.79 Å². The lowest BCUT2D eigenvalue weighted by Crippen LogP contribution is -2.61. The number of ether oxygens (including phenoxy) is 1. The van der Waals surface area contributed by atoms with Crippen molar-refractivity contribution in [2.45, 2.75) is 82.9 Å². The summed E-state index contributed by atoms with van der Waals surface area (Å²) in [5, 5.41) is 11.5. The molecule has 0 saturated heterocycles.